The molecule has 0 unspecified atom stereocenters. The van der Waals surface area contributed by atoms with Crippen LogP contribution in [0, 0.1) is 17.8 Å². The highest BCUT2D eigenvalue weighted by atomic mass is 16.2. The Morgan fingerprint density at radius 1 is 1.00 bits per heavy atom. The lowest BCUT2D eigenvalue weighted by Crippen LogP contribution is -2.45. The van der Waals surface area contributed by atoms with Gasteiger partial charge in [0.1, 0.15) is 12.2 Å². The molecule has 0 bridgehead atoms. The van der Waals surface area contributed by atoms with Gasteiger partial charge in [-0.2, -0.15) is 5.10 Å². The number of hydrogen-bond acceptors (Lipinski definition) is 4. The molecule has 0 radical (unpaired) electrons. The van der Waals surface area contributed by atoms with Crippen molar-refractivity contribution in [2.75, 3.05) is 6.54 Å². The standard InChI is InChI=1S/C27H27N3O3/c1-16(31)26-20-9-5-6-10-23(20)30(28-26)15-25(33)29-14-19-12-22(19)27(29)24(32)13-18-11-21(18)17-7-3-2-4-8-17/h2-10,18-19,21-22,27H,11-15H2,1H3/t18-,19+,21-,22+,27-/m0/s1. The number of ketones is 2. The van der Waals surface area contributed by atoms with E-state index in [0.717, 1.165) is 23.7 Å². The zero-order chi connectivity index (χ0) is 22.7. The van der Waals surface area contributed by atoms with Gasteiger partial charge in [-0.3, -0.25) is 19.1 Å². The Hall–Kier alpha value is -3.28. The van der Waals surface area contributed by atoms with Gasteiger partial charge in [0.05, 0.1) is 11.6 Å². The Bertz CT molecular complexity index is 1260. The molecule has 1 aliphatic heterocycles. The van der Waals surface area contributed by atoms with Crippen LogP contribution in [0.4, 0.5) is 0 Å². The molecule has 6 nitrogen and oxygen atoms in total. The molecule has 0 spiro atoms. The van der Waals surface area contributed by atoms with Crippen LogP contribution in [0.15, 0.2) is 54.6 Å². The van der Waals surface area contributed by atoms with Crippen LogP contribution in [0.2, 0.25) is 0 Å². The van der Waals surface area contributed by atoms with Crippen molar-refractivity contribution in [2.24, 2.45) is 17.8 Å². The number of para-hydroxylation sites is 1. The Morgan fingerprint density at radius 3 is 2.55 bits per heavy atom. The van der Waals surface area contributed by atoms with E-state index in [1.54, 1.807) is 9.58 Å². The molecular formula is C27H27N3O3. The summed E-state index contributed by atoms with van der Waals surface area (Å²) >= 11 is 0. The van der Waals surface area contributed by atoms with Crippen molar-refractivity contribution in [3.8, 4) is 0 Å². The zero-order valence-corrected chi connectivity index (χ0v) is 18.7. The van der Waals surface area contributed by atoms with E-state index in [2.05, 4.69) is 29.4 Å². The summed E-state index contributed by atoms with van der Waals surface area (Å²) in [5.41, 5.74) is 2.47. The summed E-state index contributed by atoms with van der Waals surface area (Å²) in [5, 5.41) is 5.20. The van der Waals surface area contributed by atoms with Gasteiger partial charge in [-0.15, -0.1) is 0 Å². The van der Waals surface area contributed by atoms with E-state index in [1.165, 1.54) is 12.5 Å². The smallest absolute Gasteiger partial charge is 0.244 e. The van der Waals surface area contributed by atoms with Crippen LogP contribution in [-0.4, -0.2) is 44.7 Å². The highest BCUT2D eigenvalue weighted by Crippen LogP contribution is 2.53. The van der Waals surface area contributed by atoms with Crippen molar-refractivity contribution in [1.82, 2.24) is 14.7 Å². The summed E-state index contributed by atoms with van der Waals surface area (Å²) < 4.78 is 1.62. The van der Waals surface area contributed by atoms with Crippen LogP contribution in [0.1, 0.15) is 48.2 Å². The van der Waals surface area contributed by atoms with E-state index in [9.17, 15) is 14.4 Å². The third-order valence-corrected chi connectivity index (χ3v) is 7.69. The molecule has 1 saturated heterocycles. The molecule has 2 heterocycles. The molecule has 1 aromatic heterocycles. The fourth-order valence-corrected chi connectivity index (χ4v) is 5.82. The molecule has 2 saturated carbocycles. The maximum atomic E-state index is 13.3. The second-order valence-electron chi connectivity index (χ2n) is 9.91. The lowest BCUT2D eigenvalue weighted by Gasteiger charge is -2.27. The predicted molar refractivity (Wildman–Crippen MR) is 124 cm³/mol. The fraction of sp³-hybridized carbons (Fsp3) is 0.407. The average molecular weight is 442 g/mol. The summed E-state index contributed by atoms with van der Waals surface area (Å²) in [4.78, 5) is 40.5. The number of Topliss-reactive ketones (excluding diaryl/α,β-unsaturated/α-hetero) is 2. The lowest BCUT2D eigenvalue weighted by molar-refractivity contribution is -0.139. The number of benzene rings is 2. The molecule has 33 heavy (non-hydrogen) atoms. The van der Waals surface area contributed by atoms with E-state index in [1.807, 2.05) is 30.3 Å². The van der Waals surface area contributed by atoms with Crippen molar-refractivity contribution in [3.05, 3.63) is 65.9 Å². The minimum atomic E-state index is -0.298. The number of carbonyl (C=O) groups excluding carboxylic acids is 3. The Balaban J connectivity index is 1.17. The van der Waals surface area contributed by atoms with E-state index in [0.29, 0.717) is 42.3 Å². The first-order chi connectivity index (χ1) is 16.0. The molecule has 1 amide bonds. The van der Waals surface area contributed by atoms with Gasteiger partial charge in [0.15, 0.2) is 11.6 Å². The normalized spacial score (nSPS) is 27.4. The van der Waals surface area contributed by atoms with Crippen molar-refractivity contribution in [2.45, 2.75) is 44.7 Å². The summed E-state index contributed by atoms with van der Waals surface area (Å²) in [6.07, 6.45) is 2.65. The quantitative estimate of drug-likeness (QED) is 0.522. The van der Waals surface area contributed by atoms with Crippen molar-refractivity contribution in [1.29, 1.82) is 0 Å². The third-order valence-electron chi connectivity index (χ3n) is 7.69. The predicted octanol–water partition coefficient (Wildman–Crippen LogP) is 3.85. The number of carbonyl (C=O) groups is 3. The minimum absolute atomic E-state index is 0.0487. The molecular weight excluding hydrogens is 414 g/mol. The summed E-state index contributed by atoms with van der Waals surface area (Å²) in [7, 11) is 0. The van der Waals surface area contributed by atoms with E-state index < -0.39 is 0 Å². The van der Waals surface area contributed by atoms with Crippen LogP contribution in [-0.2, 0) is 16.1 Å². The number of amides is 1. The number of hydrogen-bond donors (Lipinski definition) is 0. The first-order valence-electron chi connectivity index (χ1n) is 11.8. The highest BCUT2D eigenvalue weighted by molar-refractivity contribution is 6.05. The maximum absolute atomic E-state index is 13.3. The second kappa shape index (κ2) is 7.65. The molecule has 2 aromatic carbocycles. The number of aromatic nitrogens is 2. The Labute approximate surface area is 192 Å². The molecule has 2 aliphatic carbocycles. The number of piperidine rings is 1. The zero-order valence-electron chi connectivity index (χ0n) is 18.7. The summed E-state index contributed by atoms with van der Waals surface area (Å²) in [5.74, 6) is 1.64. The van der Waals surface area contributed by atoms with Crippen molar-refractivity contribution >= 4 is 28.4 Å². The number of likely N-dealkylation sites (tertiary alicyclic amines) is 1. The largest absolute Gasteiger partial charge is 0.330 e. The van der Waals surface area contributed by atoms with Crippen LogP contribution in [0.3, 0.4) is 0 Å². The molecule has 6 heteroatoms. The van der Waals surface area contributed by atoms with Gasteiger partial charge in [-0.05, 0) is 48.1 Å². The molecule has 3 fully saturated rings. The van der Waals surface area contributed by atoms with Crippen LogP contribution < -0.4 is 0 Å². The van der Waals surface area contributed by atoms with Crippen LogP contribution in [0.25, 0.3) is 10.9 Å². The first-order valence-corrected chi connectivity index (χ1v) is 11.8. The van der Waals surface area contributed by atoms with E-state index in [4.69, 9.17) is 0 Å². The molecule has 5 atom stereocenters. The SMILES string of the molecule is CC(=O)c1nn(CC(=O)N2C[C@H]3C[C@H]3[C@H]2C(=O)C[C@@H]2C[C@H]2c2ccccc2)c2ccccc12. The molecule has 0 N–H and O–H groups in total. The number of rotatable bonds is 7. The van der Waals surface area contributed by atoms with Gasteiger partial charge in [-0.25, -0.2) is 0 Å². The molecule has 3 aromatic rings. The van der Waals surface area contributed by atoms with E-state index in [-0.39, 0.29) is 30.1 Å². The van der Waals surface area contributed by atoms with Gasteiger partial charge in [0, 0.05) is 25.3 Å². The third kappa shape index (κ3) is 3.58. The van der Waals surface area contributed by atoms with Gasteiger partial charge in [-0.1, -0.05) is 48.5 Å². The van der Waals surface area contributed by atoms with Crippen molar-refractivity contribution in [3.63, 3.8) is 0 Å². The Kier molecular flexibility index (Phi) is 4.71. The summed E-state index contributed by atoms with van der Waals surface area (Å²) in [6, 6.07) is 17.6. The van der Waals surface area contributed by atoms with E-state index >= 15 is 0 Å². The fourth-order valence-electron chi connectivity index (χ4n) is 5.82. The highest BCUT2D eigenvalue weighted by Gasteiger charge is 2.57. The minimum Gasteiger partial charge on any atom is -0.330 e. The van der Waals surface area contributed by atoms with Crippen molar-refractivity contribution < 1.29 is 14.4 Å². The van der Waals surface area contributed by atoms with Crippen LogP contribution in [0.5, 0.6) is 0 Å². The maximum Gasteiger partial charge on any atom is 0.244 e. The number of nitrogens with zero attached hydrogens (tertiary/aromatic N) is 3. The molecule has 168 valence electrons. The monoisotopic (exact) mass is 441 g/mol. The first kappa shape index (κ1) is 20.3. The average Bonchev–Trinajstić information content (AvgIpc) is 3.70. The summed E-state index contributed by atoms with van der Waals surface area (Å²) in [6.45, 7) is 2.20. The van der Waals surface area contributed by atoms with Gasteiger partial charge < -0.3 is 4.90 Å². The van der Waals surface area contributed by atoms with Crippen LogP contribution >= 0.6 is 0 Å². The van der Waals surface area contributed by atoms with Gasteiger partial charge >= 0.3 is 0 Å². The number of fused-ring (bicyclic) bond motifs is 2. The lowest BCUT2D eigenvalue weighted by atomic mass is 10.00. The Morgan fingerprint density at radius 2 is 1.76 bits per heavy atom. The van der Waals surface area contributed by atoms with Gasteiger partial charge in [0.2, 0.25) is 5.91 Å². The molecule has 6 rings (SSSR count). The second-order valence-corrected chi connectivity index (χ2v) is 9.91. The molecule has 3 aliphatic rings. The van der Waals surface area contributed by atoms with Gasteiger partial charge in [0.25, 0.3) is 0 Å². The topological polar surface area (TPSA) is 72.3 Å².